The minimum Gasteiger partial charge on any atom is -0.368 e. The molecule has 0 bridgehead atoms. The van der Waals surface area contributed by atoms with Crippen LogP contribution in [0.4, 0.5) is 5.69 Å². The van der Waals surface area contributed by atoms with Crippen LogP contribution in [0.5, 0.6) is 0 Å². The average Bonchev–Trinajstić information content (AvgIpc) is 2.90. The third-order valence-corrected chi connectivity index (χ3v) is 3.81. The van der Waals surface area contributed by atoms with E-state index in [4.69, 9.17) is 0 Å². The molecule has 1 N–H and O–H groups in total. The van der Waals surface area contributed by atoms with E-state index in [1.165, 1.54) is 15.8 Å². The number of hydrogen-bond donors (Lipinski definition) is 1. The third-order valence-electron chi connectivity index (χ3n) is 2.93. The van der Waals surface area contributed by atoms with E-state index in [0.29, 0.717) is 0 Å². The monoisotopic (exact) mass is 248 g/mol. The maximum absolute atomic E-state index is 3.39. The molecule has 0 amide bonds. The topological polar surface area (TPSA) is 15.3 Å². The van der Waals surface area contributed by atoms with Gasteiger partial charge in [-0.3, -0.25) is 0 Å². The van der Waals surface area contributed by atoms with Crippen molar-refractivity contribution in [2.45, 2.75) is 13.8 Å². The summed E-state index contributed by atoms with van der Waals surface area (Å²) < 4.78 is 1.39. The summed E-state index contributed by atoms with van der Waals surface area (Å²) in [5.74, 6) is 0. The standard InChI is InChI=1S/C12H14N2S.C2H6/c1-2-11(14-7-5-13-6-8-14)10-4-9-15-12(10)3-1;1-2/h1-4,9,13H,5-8H2;1-2H3. The minimum atomic E-state index is 1.10. The Morgan fingerprint density at radius 3 is 2.65 bits per heavy atom. The largest absolute Gasteiger partial charge is 0.368 e. The van der Waals surface area contributed by atoms with E-state index >= 15 is 0 Å². The van der Waals surface area contributed by atoms with Crippen LogP contribution in [-0.2, 0) is 0 Å². The molecule has 1 aromatic carbocycles. The number of benzene rings is 1. The summed E-state index contributed by atoms with van der Waals surface area (Å²) in [6, 6.07) is 8.83. The zero-order valence-corrected chi connectivity index (χ0v) is 11.4. The second kappa shape index (κ2) is 6.03. The molecule has 1 fully saturated rings. The van der Waals surface area contributed by atoms with Gasteiger partial charge < -0.3 is 10.2 Å². The van der Waals surface area contributed by atoms with Crippen molar-refractivity contribution >= 4 is 27.1 Å². The Balaban J connectivity index is 0.000000514. The molecule has 0 radical (unpaired) electrons. The van der Waals surface area contributed by atoms with Crippen LogP contribution in [0.3, 0.4) is 0 Å². The van der Waals surface area contributed by atoms with E-state index in [1.807, 2.05) is 25.2 Å². The highest BCUT2D eigenvalue weighted by Gasteiger charge is 2.12. The molecule has 2 heterocycles. The SMILES string of the molecule is CC.c1cc(N2CCNCC2)c2ccsc2c1. The number of rotatable bonds is 1. The lowest BCUT2D eigenvalue weighted by Gasteiger charge is -2.30. The molecule has 1 aliphatic heterocycles. The van der Waals surface area contributed by atoms with Gasteiger partial charge in [0.2, 0.25) is 0 Å². The van der Waals surface area contributed by atoms with Gasteiger partial charge in [0.05, 0.1) is 0 Å². The quantitative estimate of drug-likeness (QED) is 0.832. The van der Waals surface area contributed by atoms with Gasteiger partial charge in [-0.25, -0.2) is 0 Å². The summed E-state index contributed by atoms with van der Waals surface area (Å²) >= 11 is 1.82. The molecule has 1 aromatic heterocycles. The molecule has 1 aliphatic rings. The molecule has 0 unspecified atom stereocenters. The van der Waals surface area contributed by atoms with E-state index < -0.39 is 0 Å². The molecule has 3 heteroatoms. The average molecular weight is 248 g/mol. The summed E-state index contributed by atoms with van der Waals surface area (Å²) in [4.78, 5) is 2.48. The van der Waals surface area contributed by atoms with Crippen LogP contribution < -0.4 is 10.2 Å². The van der Waals surface area contributed by atoms with E-state index in [2.05, 4.69) is 39.9 Å². The van der Waals surface area contributed by atoms with Gasteiger partial charge in [-0.1, -0.05) is 19.9 Å². The van der Waals surface area contributed by atoms with Gasteiger partial charge in [0.15, 0.2) is 0 Å². The number of thiophene rings is 1. The minimum absolute atomic E-state index is 1.10. The Labute approximate surface area is 107 Å². The second-order valence-corrected chi connectivity index (χ2v) is 4.79. The van der Waals surface area contributed by atoms with Crippen molar-refractivity contribution in [3.05, 3.63) is 29.6 Å². The fourth-order valence-electron chi connectivity index (χ4n) is 2.16. The van der Waals surface area contributed by atoms with Crippen molar-refractivity contribution < 1.29 is 0 Å². The van der Waals surface area contributed by atoms with Gasteiger partial charge in [0.1, 0.15) is 0 Å². The van der Waals surface area contributed by atoms with Gasteiger partial charge in [0, 0.05) is 42.0 Å². The molecule has 0 saturated carbocycles. The van der Waals surface area contributed by atoms with E-state index in [1.54, 1.807) is 0 Å². The lowest BCUT2D eigenvalue weighted by molar-refractivity contribution is 0.590. The van der Waals surface area contributed by atoms with E-state index in [-0.39, 0.29) is 0 Å². The molecule has 92 valence electrons. The predicted octanol–water partition coefficient (Wildman–Crippen LogP) is 3.34. The van der Waals surface area contributed by atoms with Gasteiger partial charge in [-0.15, -0.1) is 11.3 Å². The summed E-state index contributed by atoms with van der Waals surface area (Å²) in [6.45, 7) is 8.44. The first-order chi connectivity index (χ1) is 8.45. The summed E-state index contributed by atoms with van der Waals surface area (Å²) in [7, 11) is 0. The Kier molecular flexibility index (Phi) is 4.40. The summed E-state index contributed by atoms with van der Waals surface area (Å²) in [5.41, 5.74) is 1.40. The van der Waals surface area contributed by atoms with Crippen molar-refractivity contribution in [2.75, 3.05) is 31.1 Å². The number of piperazine rings is 1. The van der Waals surface area contributed by atoms with E-state index in [9.17, 15) is 0 Å². The Bertz CT molecular complexity index is 458. The highest BCUT2D eigenvalue weighted by atomic mass is 32.1. The van der Waals surface area contributed by atoms with Gasteiger partial charge >= 0.3 is 0 Å². The first-order valence-electron chi connectivity index (χ1n) is 6.37. The fraction of sp³-hybridized carbons (Fsp3) is 0.429. The van der Waals surface area contributed by atoms with Crippen LogP contribution in [0.2, 0.25) is 0 Å². The molecule has 1 saturated heterocycles. The normalized spacial score (nSPS) is 15.5. The molecule has 3 rings (SSSR count). The van der Waals surface area contributed by atoms with Gasteiger partial charge in [-0.2, -0.15) is 0 Å². The van der Waals surface area contributed by atoms with E-state index in [0.717, 1.165) is 26.2 Å². The first-order valence-corrected chi connectivity index (χ1v) is 7.25. The number of nitrogens with zero attached hydrogens (tertiary/aromatic N) is 1. The van der Waals surface area contributed by atoms with Crippen LogP contribution in [0.1, 0.15) is 13.8 Å². The molecule has 2 aromatic rings. The molecule has 17 heavy (non-hydrogen) atoms. The Morgan fingerprint density at radius 2 is 1.88 bits per heavy atom. The van der Waals surface area contributed by atoms with Crippen molar-refractivity contribution in [3.63, 3.8) is 0 Å². The fourth-order valence-corrected chi connectivity index (χ4v) is 2.97. The summed E-state index contributed by atoms with van der Waals surface area (Å²) in [6.07, 6.45) is 0. The summed E-state index contributed by atoms with van der Waals surface area (Å²) in [5, 5.41) is 6.97. The highest BCUT2D eigenvalue weighted by Crippen LogP contribution is 2.30. The lowest BCUT2D eigenvalue weighted by atomic mass is 10.2. The molecular formula is C14H20N2S. The highest BCUT2D eigenvalue weighted by molar-refractivity contribution is 7.17. The van der Waals surface area contributed by atoms with Crippen molar-refractivity contribution in [1.82, 2.24) is 5.32 Å². The lowest BCUT2D eigenvalue weighted by Crippen LogP contribution is -2.43. The zero-order chi connectivity index (χ0) is 12.1. The first kappa shape index (κ1) is 12.4. The van der Waals surface area contributed by atoms with Crippen LogP contribution in [0.15, 0.2) is 29.6 Å². The number of nitrogens with one attached hydrogen (secondary N) is 1. The number of fused-ring (bicyclic) bond motifs is 1. The Morgan fingerprint density at radius 1 is 1.12 bits per heavy atom. The zero-order valence-electron chi connectivity index (χ0n) is 10.6. The molecule has 2 nitrogen and oxygen atoms in total. The number of hydrogen-bond acceptors (Lipinski definition) is 3. The molecule has 0 aliphatic carbocycles. The smallest absolute Gasteiger partial charge is 0.0455 e. The van der Waals surface area contributed by atoms with Crippen molar-refractivity contribution in [2.24, 2.45) is 0 Å². The third kappa shape index (κ3) is 2.61. The van der Waals surface area contributed by atoms with Crippen LogP contribution in [0.25, 0.3) is 10.1 Å². The van der Waals surface area contributed by atoms with Crippen molar-refractivity contribution in [3.8, 4) is 0 Å². The van der Waals surface area contributed by atoms with Gasteiger partial charge in [0.25, 0.3) is 0 Å². The Hall–Kier alpha value is -1.06. The molecular weight excluding hydrogens is 228 g/mol. The second-order valence-electron chi connectivity index (χ2n) is 3.85. The van der Waals surface area contributed by atoms with Crippen LogP contribution in [-0.4, -0.2) is 26.2 Å². The predicted molar refractivity (Wildman–Crippen MR) is 78.3 cm³/mol. The number of anilines is 1. The maximum atomic E-state index is 3.39. The van der Waals surface area contributed by atoms with Crippen LogP contribution in [0, 0.1) is 0 Å². The van der Waals surface area contributed by atoms with Crippen molar-refractivity contribution in [1.29, 1.82) is 0 Å². The van der Waals surface area contributed by atoms with Gasteiger partial charge in [-0.05, 0) is 23.6 Å². The van der Waals surface area contributed by atoms with Crippen LogP contribution >= 0.6 is 11.3 Å². The molecule has 0 atom stereocenters. The molecule has 0 spiro atoms. The maximum Gasteiger partial charge on any atom is 0.0455 e.